The smallest absolute Gasteiger partial charge is 0.0827 e. The summed E-state index contributed by atoms with van der Waals surface area (Å²) in [5.41, 5.74) is 0.984. The van der Waals surface area contributed by atoms with Crippen LogP contribution in [0.4, 0.5) is 0 Å². The third-order valence-corrected chi connectivity index (χ3v) is 1.02. The van der Waals surface area contributed by atoms with Gasteiger partial charge < -0.3 is 0 Å². The number of hydrogen-bond acceptors (Lipinski definition) is 2. The van der Waals surface area contributed by atoms with Crippen LogP contribution in [0.3, 0.4) is 0 Å². The first-order valence-electron chi connectivity index (χ1n) is 2.97. The fraction of sp³-hybridized carbons (Fsp3) is 0.500. The minimum absolute atomic E-state index is 0.412. The van der Waals surface area contributed by atoms with Gasteiger partial charge in [-0.1, -0.05) is 19.1 Å². The van der Waals surface area contributed by atoms with Gasteiger partial charge in [0, 0.05) is 6.20 Å². The van der Waals surface area contributed by atoms with E-state index in [4.69, 9.17) is 0 Å². The highest BCUT2D eigenvalue weighted by Crippen LogP contribution is 2.00. The average Bonchev–Trinajstić information content (AvgIpc) is 2.15. The van der Waals surface area contributed by atoms with Gasteiger partial charge in [0.25, 0.3) is 0 Å². The lowest BCUT2D eigenvalue weighted by atomic mass is 10.1. The van der Waals surface area contributed by atoms with Crippen molar-refractivity contribution in [3.63, 3.8) is 0 Å². The molecule has 0 fully saturated rings. The third-order valence-electron chi connectivity index (χ3n) is 1.02. The zero-order valence-electron chi connectivity index (χ0n) is 5.46. The van der Waals surface area contributed by atoms with Crippen molar-refractivity contribution in [2.24, 2.45) is 5.92 Å². The summed E-state index contributed by atoms with van der Waals surface area (Å²) in [6, 6.07) is 0. The normalized spacial score (nSPS) is 10.6. The highest BCUT2D eigenvalue weighted by atomic mass is 15.3. The zero-order chi connectivity index (χ0) is 6.69. The first kappa shape index (κ1) is 6.26. The molecular weight excluding hydrogens is 114 g/mol. The number of nitrogens with one attached hydrogen (secondary N) is 1. The minimum Gasteiger partial charge on any atom is -0.265 e. The van der Waals surface area contributed by atoms with Crippen molar-refractivity contribution in [1.82, 2.24) is 15.4 Å². The van der Waals surface area contributed by atoms with Crippen molar-refractivity contribution in [2.75, 3.05) is 0 Å². The van der Waals surface area contributed by atoms with Gasteiger partial charge in [-0.05, 0) is 12.3 Å². The Morgan fingerprint density at radius 1 is 1.89 bits per heavy atom. The molecule has 0 saturated heterocycles. The van der Waals surface area contributed by atoms with E-state index in [0.717, 1.165) is 12.1 Å². The van der Waals surface area contributed by atoms with E-state index in [9.17, 15) is 0 Å². The summed E-state index contributed by atoms with van der Waals surface area (Å²) in [5.74, 6) is 0.412. The maximum Gasteiger partial charge on any atom is 0.0827 e. The highest BCUT2D eigenvalue weighted by Gasteiger charge is 1.98. The average molecular weight is 124 g/mol. The van der Waals surface area contributed by atoms with Crippen LogP contribution in [0.1, 0.15) is 12.6 Å². The number of hydrogen-bond donors (Lipinski definition) is 1. The first-order chi connectivity index (χ1) is 4.29. The number of aromatic nitrogens is 3. The predicted molar refractivity (Wildman–Crippen MR) is 34.6 cm³/mol. The molecule has 0 aromatic carbocycles. The van der Waals surface area contributed by atoms with Gasteiger partial charge in [0.05, 0.1) is 5.69 Å². The van der Waals surface area contributed by atoms with E-state index >= 15 is 0 Å². The Bertz CT molecular complexity index is 155. The van der Waals surface area contributed by atoms with E-state index in [1.54, 1.807) is 6.20 Å². The fourth-order valence-electron chi connectivity index (χ4n) is 0.682. The molecule has 0 bridgehead atoms. The SMILES string of the molecule is [CH2]C(C)Cc1c[nH]nn1. The van der Waals surface area contributed by atoms with Crippen LogP contribution in [-0.4, -0.2) is 15.4 Å². The fourth-order valence-corrected chi connectivity index (χ4v) is 0.682. The molecule has 49 valence electrons. The Hall–Kier alpha value is -0.860. The monoisotopic (exact) mass is 124 g/mol. The first-order valence-corrected chi connectivity index (χ1v) is 2.97. The van der Waals surface area contributed by atoms with Gasteiger partial charge in [0.2, 0.25) is 0 Å². The second-order valence-electron chi connectivity index (χ2n) is 2.27. The summed E-state index contributed by atoms with van der Waals surface area (Å²) in [7, 11) is 0. The Morgan fingerprint density at radius 2 is 2.67 bits per heavy atom. The van der Waals surface area contributed by atoms with E-state index in [2.05, 4.69) is 29.3 Å². The van der Waals surface area contributed by atoms with Crippen LogP contribution in [0.25, 0.3) is 0 Å². The molecule has 0 aliphatic heterocycles. The highest BCUT2D eigenvalue weighted by molar-refractivity contribution is 4.91. The minimum atomic E-state index is 0.412. The lowest BCUT2D eigenvalue weighted by Gasteiger charge is -1.96. The lowest BCUT2D eigenvalue weighted by molar-refractivity contribution is 0.699. The van der Waals surface area contributed by atoms with Gasteiger partial charge in [-0.2, -0.15) is 0 Å². The van der Waals surface area contributed by atoms with Crippen LogP contribution in [-0.2, 0) is 6.42 Å². The van der Waals surface area contributed by atoms with Crippen molar-refractivity contribution < 1.29 is 0 Å². The van der Waals surface area contributed by atoms with E-state index in [1.807, 2.05) is 0 Å². The van der Waals surface area contributed by atoms with E-state index in [1.165, 1.54) is 0 Å². The molecule has 0 aliphatic rings. The van der Waals surface area contributed by atoms with Gasteiger partial charge in [-0.25, -0.2) is 0 Å². The standard InChI is InChI=1S/C6H10N3/c1-5(2)3-6-4-7-9-8-6/h4-5H,1,3H2,2H3,(H,7,8,9). The number of nitrogens with zero attached hydrogens (tertiary/aromatic N) is 2. The second-order valence-corrected chi connectivity index (χ2v) is 2.27. The zero-order valence-corrected chi connectivity index (χ0v) is 5.46. The Morgan fingerprint density at radius 3 is 3.11 bits per heavy atom. The molecule has 1 rings (SSSR count). The van der Waals surface area contributed by atoms with E-state index in [0.29, 0.717) is 5.92 Å². The van der Waals surface area contributed by atoms with Crippen LogP contribution in [0, 0.1) is 12.8 Å². The molecule has 1 N–H and O–H groups in total. The lowest BCUT2D eigenvalue weighted by Crippen LogP contribution is -1.93. The number of H-pyrrole nitrogens is 1. The largest absolute Gasteiger partial charge is 0.265 e. The Balaban J connectivity index is 2.48. The molecular formula is C6H10N3. The van der Waals surface area contributed by atoms with Crippen molar-refractivity contribution >= 4 is 0 Å². The molecule has 1 unspecified atom stereocenters. The maximum atomic E-state index is 3.83. The Labute approximate surface area is 54.5 Å². The second kappa shape index (κ2) is 2.62. The molecule has 1 aromatic rings. The van der Waals surface area contributed by atoms with E-state index in [-0.39, 0.29) is 0 Å². The van der Waals surface area contributed by atoms with Crippen molar-refractivity contribution in [1.29, 1.82) is 0 Å². The molecule has 0 amide bonds. The molecule has 1 atom stereocenters. The van der Waals surface area contributed by atoms with Crippen LogP contribution < -0.4 is 0 Å². The molecule has 1 aromatic heterocycles. The molecule has 0 spiro atoms. The predicted octanol–water partition coefficient (Wildman–Crippen LogP) is 0.817. The molecule has 3 nitrogen and oxygen atoms in total. The number of aromatic amines is 1. The summed E-state index contributed by atoms with van der Waals surface area (Å²) >= 11 is 0. The quantitative estimate of drug-likeness (QED) is 0.634. The summed E-state index contributed by atoms with van der Waals surface area (Å²) in [4.78, 5) is 0. The van der Waals surface area contributed by atoms with Crippen LogP contribution in [0.2, 0.25) is 0 Å². The molecule has 1 heterocycles. The topological polar surface area (TPSA) is 41.6 Å². The molecule has 3 heteroatoms. The molecule has 9 heavy (non-hydrogen) atoms. The van der Waals surface area contributed by atoms with Crippen molar-refractivity contribution in [3.05, 3.63) is 18.8 Å². The Kier molecular flexibility index (Phi) is 1.82. The summed E-state index contributed by atoms with van der Waals surface area (Å²) in [5, 5.41) is 10.0. The maximum absolute atomic E-state index is 3.83. The summed E-state index contributed by atoms with van der Waals surface area (Å²) in [6.07, 6.45) is 2.69. The molecule has 1 radical (unpaired) electrons. The van der Waals surface area contributed by atoms with Gasteiger partial charge in [-0.3, -0.25) is 5.10 Å². The third kappa shape index (κ3) is 1.83. The van der Waals surface area contributed by atoms with Gasteiger partial charge >= 0.3 is 0 Å². The summed E-state index contributed by atoms with van der Waals surface area (Å²) < 4.78 is 0. The molecule has 0 aliphatic carbocycles. The van der Waals surface area contributed by atoms with E-state index < -0.39 is 0 Å². The summed E-state index contributed by atoms with van der Waals surface area (Å²) in [6.45, 7) is 5.88. The van der Waals surface area contributed by atoms with Crippen LogP contribution in [0.15, 0.2) is 6.20 Å². The van der Waals surface area contributed by atoms with Crippen LogP contribution in [0.5, 0.6) is 0 Å². The molecule has 0 saturated carbocycles. The van der Waals surface area contributed by atoms with Crippen LogP contribution >= 0.6 is 0 Å². The van der Waals surface area contributed by atoms with Gasteiger partial charge in [0.1, 0.15) is 0 Å². The van der Waals surface area contributed by atoms with Crippen molar-refractivity contribution in [2.45, 2.75) is 13.3 Å². The van der Waals surface area contributed by atoms with Gasteiger partial charge in [0.15, 0.2) is 0 Å². The van der Waals surface area contributed by atoms with Crippen molar-refractivity contribution in [3.8, 4) is 0 Å². The number of rotatable bonds is 2. The van der Waals surface area contributed by atoms with Gasteiger partial charge in [-0.15, -0.1) is 5.10 Å².